The lowest BCUT2D eigenvalue weighted by molar-refractivity contribution is -0.885. The second kappa shape index (κ2) is 7.79. The fourth-order valence-corrected chi connectivity index (χ4v) is 2.74. The molecule has 2 N–H and O–H groups in total. The van der Waals surface area contributed by atoms with Crippen LogP contribution in [0.5, 0.6) is 5.75 Å². The molecular formula is C19H25N2O2+. The minimum Gasteiger partial charge on any atom is -0.497 e. The molecule has 1 amide bonds. The Bertz CT molecular complexity index is 645. The number of nitrogens with one attached hydrogen (secondary N) is 2. The molecular weight excluding hydrogens is 288 g/mol. The molecule has 2 aromatic carbocycles. The first-order valence-electron chi connectivity index (χ1n) is 7.78. The standard InChI is InChI=1S/C19H24N2O2/c1-14-9-15(2)11-16(10-14)12-21(3)13-19(22)20-17-5-7-18(23-4)8-6-17/h5-11H,12-13H2,1-4H3,(H,20,22)/p+1. The van der Waals surface area contributed by atoms with Crippen LogP contribution in [0, 0.1) is 13.8 Å². The molecule has 0 saturated heterocycles. The molecule has 0 fully saturated rings. The number of aryl methyl sites for hydroxylation is 2. The Morgan fingerprint density at radius 1 is 1.09 bits per heavy atom. The van der Waals surface area contributed by atoms with E-state index in [-0.39, 0.29) is 5.91 Å². The van der Waals surface area contributed by atoms with Crippen LogP contribution in [0.15, 0.2) is 42.5 Å². The predicted molar refractivity (Wildman–Crippen MR) is 93.0 cm³/mol. The van der Waals surface area contributed by atoms with Crippen molar-refractivity contribution in [2.24, 2.45) is 0 Å². The van der Waals surface area contributed by atoms with Gasteiger partial charge in [-0.15, -0.1) is 0 Å². The van der Waals surface area contributed by atoms with Crippen LogP contribution < -0.4 is 15.0 Å². The number of benzene rings is 2. The monoisotopic (exact) mass is 313 g/mol. The normalized spacial score (nSPS) is 11.8. The SMILES string of the molecule is COc1ccc(NC(=O)C[NH+](C)Cc2cc(C)cc(C)c2)cc1. The Morgan fingerprint density at radius 2 is 1.70 bits per heavy atom. The first kappa shape index (κ1) is 17.0. The fourth-order valence-electron chi connectivity index (χ4n) is 2.74. The van der Waals surface area contributed by atoms with E-state index in [2.05, 4.69) is 37.4 Å². The molecule has 1 atom stereocenters. The van der Waals surface area contributed by atoms with Crippen LogP contribution in [0.1, 0.15) is 16.7 Å². The highest BCUT2D eigenvalue weighted by atomic mass is 16.5. The molecule has 2 rings (SSSR count). The van der Waals surface area contributed by atoms with E-state index in [1.807, 2.05) is 31.3 Å². The van der Waals surface area contributed by atoms with Gasteiger partial charge in [-0.25, -0.2) is 0 Å². The summed E-state index contributed by atoms with van der Waals surface area (Å²) in [6.45, 7) is 5.46. The van der Waals surface area contributed by atoms with Crippen molar-refractivity contribution in [1.82, 2.24) is 0 Å². The van der Waals surface area contributed by atoms with Crippen LogP contribution in [0.3, 0.4) is 0 Å². The summed E-state index contributed by atoms with van der Waals surface area (Å²) in [7, 11) is 3.66. The lowest BCUT2D eigenvalue weighted by Crippen LogP contribution is -3.08. The minimum absolute atomic E-state index is 0.0111. The highest BCUT2D eigenvalue weighted by molar-refractivity contribution is 5.91. The molecule has 23 heavy (non-hydrogen) atoms. The number of anilines is 1. The number of carbonyl (C=O) groups is 1. The third-order valence-electron chi connectivity index (χ3n) is 3.62. The van der Waals surface area contributed by atoms with Gasteiger partial charge >= 0.3 is 0 Å². The Morgan fingerprint density at radius 3 is 2.26 bits per heavy atom. The van der Waals surface area contributed by atoms with Crippen LogP contribution in [-0.4, -0.2) is 26.6 Å². The first-order chi connectivity index (χ1) is 11.0. The van der Waals surface area contributed by atoms with Gasteiger partial charge in [-0.1, -0.05) is 29.3 Å². The van der Waals surface area contributed by atoms with Crippen LogP contribution in [0.2, 0.25) is 0 Å². The molecule has 0 saturated carbocycles. The van der Waals surface area contributed by atoms with E-state index in [1.165, 1.54) is 16.7 Å². The molecule has 2 aromatic rings. The predicted octanol–water partition coefficient (Wildman–Crippen LogP) is 1.97. The molecule has 0 spiro atoms. The Hall–Kier alpha value is -2.33. The summed E-state index contributed by atoms with van der Waals surface area (Å²) in [6, 6.07) is 13.9. The van der Waals surface area contributed by atoms with Crippen molar-refractivity contribution in [3.8, 4) is 5.75 Å². The lowest BCUT2D eigenvalue weighted by Gasteiger charge is -2.15. The van der Waals surface area contributed by atoms with Crippen LogP contribution in [0.4, 0.5) is 5.69 Å². The van der Waals surface area contributed by atoms with Crippen molar-refractivity contribution in [2.75, 3.05) is 26.0 Å². The molecule has 4 nitrogen and oxygen atoms in total. The second-order valence-corrected chi connectivity index (χ2v) is 6.08. The fraction of sp³-hybridized carbons (Fsp3) is 0.316. The molecule has 0 aliphatic rings. The number of ether oxygens (including phenoxy) is 1. The molecule has 0 aromatic heterocycles. The summed E-state index contributed by atoms with van der Waals surface area (Å²) in [4.78, 5) is 13.3. The van der Waals surface area contributed by atoms with Gasteiger partial charge in [0.05, 0.1) is 14.2 Å². The largest absolute Gasteiger partial charge is 0.497 e. The summed E-state index contributed by atoms with van der Waals surface area (Å²) in [5.41, 5.74) is 4.57. The van der Waals surface area contributed by atoms with Gasteiger partial charge in [-0.2, -0.15) is 0 Å². The van der Waals surface area contributed by atoms with E-state index in [0.29, 0.717) is 6.54 Å². The topological polar surface area (TPSA) is 42.8 Å². The molecule has 0 aliphatic heterocycles. The zero-order chi connectivity index (χ0) is 16.8. The van der Waals surface area contributed by atoms with E-state index >= 15 is 0 Å². The smallest absolute Gasteiger partial charge is 0.279 e. The van der Waals surface area contributed by atoms with Crippen molar-refractivity contribution in [1.29, 1.82) is 0 Å². The van der Waals surface area contributed by atoms with Crippen LogP contribution in [-0.2, 0) is 11.3 Å². The van der Waals surface area contributed by atoms with E-state index < -0.39 is 0 Å². The average Bonchev–Trinajstić information content (AvgIpc) is 2.46. The van der Waals surface area contributed by atoms with Gasteiger partial charge in [0.2, 0.25) is 0 Å². The van der Waals surface area contributed by atoms with Crippen molar-refractivity contribution in [3.05, 3.63) is 59.2 Å². The highest BCUT2D eigenvalue weighted by Gasteiger charge is 2.11. The summed E-state index contributed by atoms with van der Waals surface area (Å²) >= 11 is 0. The zero-order valence-corrected chi connectivity index (χ0v) is 14.3. The van der Waals surface area contributed by atoms with Crippen molar-refractivity contribution >= 4 is 11.6 Å². The van der Waals surface area contributed by atoms with Gasteiger partial charge in [0, 0.05) is 11.3 Å². The molecule has 122 valence electrons. The molecule has 0 heterocycles. The molecule has 0 radical (unpaired) electrons. The minimum atomic E-state index is 0.0111. The van der Waals surface area contributed by atoms with Gasteiger partial charge in [0.1, 0.15) is 12.3 Å². The van der Waals surface area contributed by atoms with Gasteiger partial charge in [-0.05, 0) is 38.1 Å². The lowest BCUT2D eigenvalue weighted by atomic mass is 10.1. The van der Waals surface area contributed by atoms with Crippen molar-refractivity contribution in [3.63, 3.8) is 0 Å². The molecule has 0 aliphatic carbocycles. The molecule has 0 bridgehead atoms. The van der Waals surface area contributed by atoms with Crippen molar-refractivity contribution in [2.45, 2.75) is 20.4 Å². The maximum absolute atomic E-state index is 12.1. The molecule has 1 unspecified atom stereocenters. The van der Waals surface area contributed by atoms with E-state index in [9.17, 15) is 4.79 Å². The molecule has 4 heteroatoms. The average molecular weight is 313 g/mol. The number of amides is 1. The highest BCUT2D eigenvalue weighted by Crippen LogP contribution is 2.14. The summed E-state index contributed by atoms with van der Waals surface area (Å²) < 4.78 is 5.11. The number of hydrogen-bond donors (Lipinski definition) is 2. The Kier molecular flexibility index (Phi) is 5.77. The number of carbonyl (C=O) groups excluding carboxylic acids is 1. The van der Waals surface area contributed by atoms with Gasteiger partial charge < -0.3 is 15.0 Å². The number of likely N-dealkylation sites (N-methyl/N-ethyl adjacent to an activating group) is 1. The number of hydrogen-bond acceptors (Lipinski definition) is 2. The van der Waals surface area contributed by atoms with Crippen LogP contribution >= 0.6 is 0 Å². The maximum Gasteiger partial charge on any atom is 0.279 e. The van der Waals surface area contributed by atoms with Gasteiger partial charge in [-0.3, -0.25) is 4.79 Å². The number of quaternary nitrogens is 1. The van der Waals surface area contributed by atoms with Gasteiger partial charge in [0.25, 0.3) is 5.91 Å². The Balaban J connectivity index is 1.88. The van der Waals surface area contributed by atoms with Gasteiger partial charge in [0.15, 0.2) is 6.54 Å². The third-order valence-corrected chi connectivity index (χ3v) is 3.62. The van der Waals surface area contributed by atoms with Crippen molar-refractivity contribution < 1.29 is 14.4 Å². The third kappa shape index (κ3) is 5.42. The Labute approximate surface area is 138 Å². The summed E-state index contributed by atoms with van der Waals surface area (Å²) in [6.07, 6.45) is 0. The quantitative estimate of drug-likeness (QED) is 0.856. The number of rotatable bonds is 6. The number of methoxy groups -OCH3 is 1. The second-order valence-electron chi connectivity index (χ2n) is 6.08. The van der Waals surface area contributed by atoms with E-state index in [0.717, 1.165) is 22.9 Å². The first-order valence-corrected chi connectivity index (χ1v) is 7.78. The van der Waals surface area contributed by atoms with Crippen LogP contribution in [0.25, 0.3) is 0 Å². The van der Waals surface area contributed by atoms with E-state index in [1.54, 1.807) is 7.11 Å². The zero-order valence-electron chi connectivity index (χ0n) is 14.3. The summed E-state index contributed by atoms with van der Waals surface area (Å²) in [5.74, 6) is 0.789. The van der Waals surface area contributed by atoms with E-state index in [4.69, 9.17) is 4.74 Å². The summed E-state index contributed by atoms with van der Waals surface area (Å²) in [5, 5.41) is 2.92. The maximum atomic E-state index is 12.1.